The van der Waals surface area contributed by atoms with Crippen molar-refractivity contribution in [3.63, 3.8) is 0 Å². The highest BCUT2D eigenvalue weighted by atomic mass is 16.5. The summed E-state index contributed by atoms with van der Waals surface area (Å²) in [6.45, 7) is 4.18. The third-order valence-corrected chi connectivity index (χ3v) is 7.19. The lowest BCUT2D eigenvalue weighted by atomic mass is 9.85. The number of nitrogens with zero attached hydrogens (tertiary/aromatic N) is 4. The Morgan fingerprint density at radius 3 is 2.70 bits per heavy atom. The van der Waals surface area contributed by atoms with E-state index in [1.54, 1.807) is 30.5 Å². The van der Waals surface area contributed by atoms with Crippen LogP contribution in [0.4, 0.5) is 11.5 Å². The number of anilines is 2. The third kappa shape index (κ3) is 6.60. The fourth-order valence-corrected chi connectivity index (χ4v) is 5.15. The van der Waals surface area contributed by atoms with Gasteiger partial charge in [0, 0.05) is 24.8 Å². The lowest BCUT2D eigenvalue weighted by Crippen LogP contribution is -2.40. The molecule has 0 radical (unpaired) electrons. The first-order valence-electron chi connectivity index (χ1n) is 13.6. The maximum atomic E-state index is 13.0. The molecule has 11 heteroatoms. The second-order valence-electron chi connectivity index (χ2n) is 10.0. The molecule has 3 aromatic rings. The van der Waals surface area contributed by atoms with Crippen LogP contribution in [-0.4, -0.2) is 50.1 Å². The third-order valence-electron chi connectivity index (χ3n) is 7.19. The number of pyridine rings is 2. The molecule has 0 spiro atoms. The van der Waals surface area contributed by atoms with Crippen molar-refractivity contribution in [3.05, 3.63) is 67.1 Å². The Kier molecular flexibility index (Phi) is 8.60. The number of nitrogens with one attached hydrogen (secondary N) is 3. The molecule has 1 unspecified atom stereocenters. The van der Waals surface area contributed by atoms with Crippen molar-refractivity contribution in [1.29, 1.82) is 0 Å². The first-order chi connectivity index (χ1) is 19.5. The lowest BCUT2D eigenvalue weighted by molar-refractivity contribution is -0.122. The number of rotatable bonds is 8. The van der Waals surface area contributed by atoms with Gasteiger partial charge in [-0.25, -0.2) is 14.6 Å². The zero-order chi connectivity index (χ0) is 27.9. The topological polar surface area (TPSA) is 140 Å². The molecule has 208 valence electrons. The van der Waals surface area contributed by atoms with Crippen LogP contribution in [0.3, 0.4) is 0 Å². The Morgan fingerprint density at radius 2 is 1.93 bits per heavy atom. The summed E-state index contributed by atoms with van der Waals surface area (Å²) in [4.78, 5) is 46.2. The highest BCUT2D eigenvalue weighted by molar-refractivity contribution is 6.02. The molecule has 1 saturated carbocycles. The fourth-order valence-electron chi connectivity index (χ4n) is 5.15. The van der Waals surface area contributed by atoms with Gasteiger partial charge in [0.1, 0.15) is 11.5 Å². The van der Waals surface area contributed by atoms with Gasteiger partial charge >= 0.3 is 0 Å². The second kappa shape index (κ2) is 12.6. The molecule has 1 saturated heterocycles. The zero-order valence-corrected chi connectivity index (χ0v) is 22.2. The SMILES string of the molecule is C=CC(=O)N[C@@H]1CCC[C@H](C(=O)Nc2ccc(NC(=O)c3cccc(-c4ccnn4C4CCCCO4)n3)nc2)C1. The summed E-state index contributed by atoms with van der Waals surface area (Å²) >= 11 is 0. The predicted molar refractivity (Wildman–Crippen MR) is 149 cm³/mol. The number of ether oxygens (including phenoxy) is 1. The number of amides is 3. The Morgan fingerprint density at radius 1 is 1.02 bits per heavy atom. The molecule has 4 heterocycles. The molecule has 3 N–H and O–H groups in total. The number of hydrogen-bond donors (Lipinski definition) is 3. The molecule has 2 aliphatic rings. The van der Waals surface area contributed by atoms with Gasteiger partial charge in [-0.3, -0.25) is 14.4 Å². The molecular weight excluding hydrogens is 510 g/mol. The van der Waals surface area contributed by atoms with Crippen LogP contribution >= 0.6 is 0 Å². The summed E-state index contributed by atoms with van der Waals surface area (Å²) in [7, 11) is 0. The van der Waals surface area contributed by atoms with Gasteiger partial charge in [-0.15, -0.1) is 0 Å². The van der Waals surface area contributed by atoms with E-state index in [0.717, 1.165) is 44.2 Å². The van der Waals surface area contributed by atoms with Gasteiger partial charge in [0.05, 0.1) is 23.3 Å². The van der Waals surface area contributed by atoms with Crippen LogP contribution in [0, 0.1) is 5.92 Å². The van der Waals surface area contributed by atoms with Crippen LogP contribution in [-0.2, 0) is 14.3 Å². The quantitative estimate of drug-likeness (QED) is 0.364. The monoisotopic (exact) mass is 543 g/mol. The molecule has 1 aliphatic carbocycles. The van der Waals surface area contributed by atoms with Gasteiger partial charge in [0.25, 0.3) is 5.91 Å². The van der Waals surface area contributed by atoms with E-state index in [4.69, 9.17) is 4.74 Å². The van der Waals surface area contributed by atoms with Crippen LogP contribution in [0.5, 0.6) is 0 Å². The van der Waals surface area contributed by atoms with Crippen molar-refractivity contribution in [1.82, 2.24) is 25.1 Å². The molecule has 3 amide bonds. The first-order valence-corrected chi connectivity index (χ1v) is 13.6. The number of carbonyl (C=O) groups is 3. The predicted octanol–water partition coefficient (Wildman–Crippen LogP) is 4.09. The summed E-state index contributed by atoms with van der Waals surface area (Å²) in [6.07, 6.45) is 10.3. The standard InChI is InChI=1S/C29H33N7O4/c1-2-26(37)32-20-8-5-7-19(17-20)28(38)33-21-12-13-25(30-18-21)35-29(39)23-10-6-9-22(34-23)24-14-15-31-36(24)27-11-3-4-16-40-27/h2,6,9-10,12-15,18-20,27H,1,3-5,7-8,11,16-17H2,(H,32,37)(H,33,38)(H,30,35,39)/t19-,20+,27?/m0/s1. The molecule has 40 heavy (non-hydrogen) atoms. The second-order valence-corrected chi connectivity index (χ2v) is 10.0. The fraction of sp³-hybridized carbons (Fsp3) is 0.379. The van der Waals surface area contributed by atoms with Crippen molar-refractivity contribution < 1.29 is 19.1 Å². The summed E-state index contributed by atoms with van der Waals surface area (Å²) < 4.78 is 7.69. The highest BCUT2D eigenvalue weighted by Crippen LogP contribution is 2.28. The van der Waals surface area contributed by atoms with E-state index >= 15 is 0 Å². The summed E-state index contributed by atoms with van der Waals surface area (Å²) in [5.41, 5.74) is 2.18. The van der Waals surface area contributed by atoms with E-state index in [1.807, 2.05) is 16.8 Å². The van der Waals surface area contributed by atoms with E-state index in [9.17, 15) is 14.4 Å². The van der Waals surface area contributed by atoms with Gasteiger partial charge < -0.3 is 20.7 Å². The Hall–Kier alpha value is -4.38. The minimum Gasteiger partial charge on any atom is -0.356 e. The van der Waals surface area contributed by atoms with Crippen molar-refractivity contribution >= 4 is 29.2 Å². The van der Waals surface area contributed by atoms with Gasteiger partial charge in [-0.2, -0.15) is 5.10 Å². The molecular formula is C29H33N7O4. The van der Waals surface area contributed by atoms with Crippen molar-refractivity contribution in [2.24, 2.45) is 5.92 Å². The highest BCUT2D eigenvalue weighted by Gasteiger charge is 2.28. The Bertz CT molecular complexity index is 1360. The van der Waals surface area contributed by atoms with Crippen LogP contribution in [0.15, 0.2) is 61.4 Å². The summed E-state index contributed by atoms with van der Waals surface area (Å²) in [5, 5.41) is 13.0. The average Bonchev–Trinajstić information content (AvgIpc) is 3.49. The molecule has 3 aromatic heterocycles. The van der Waals surface area contributed by atoms with Crippen LogP contribution < -0.4 is 16.0 Å². The van der Waals surface area contributed by atoms with Crippen LogP contribution in [0.2, 0.25) is 0 Å². The van der Waals surface area contributed by atoms with Crippen molar-refractivity contribution in [3.8, 4) is 11.4 Å². The summed E-state index contributed by atoms with van der Waals surface area (Å²) in [6, 6.07) is 10.4. The normalized spacial score (nSPS) is 20.8. The first kappa shape index (κ1) is 27.2. The van der Waals surface area contributed by atoms with Crippen LogP contribution in [0.25, 0.3) is 11.4 Å². The zero-order valence-electron chi connectivity index (χ0n) is 22.2. The number of aromatic nitrogens is 4. The van der Waals surface area contributed by atoms with Crippen molar-refractivity contribution in [2.75, 3.05) is 17.2 Å². The minimum absolute atomic E-state index is 0.0426. The molecule has 2 fully saturated rings. The largest absolute Gasteiger partial charge is 0.356 e. The smallest absolute Gasteiger partial charge is 0.275 e. The van der Waals surface area contributed by atoms with Gasteiger partial charge in [0.15, 0.2) is 6.23 Å². The molecule has 5 rings (SSSR count). The van der Waals surface area contributed by atoms with E-state index in [0.29, 0.717) is 30.2 Å². The minimum atomic E-state index is -0.402. The van der Waals surface area contributed by atoms with E-state index < -0.39 is 5.91 Å². The maximum absolute atomic E-state index is 13.0. The van der Waals surface area contributed by atoms with Gasteiger partial charge in [-0.1, -0.05) is 19.1 Å². The van der Waals surface area contributed by atoms with E-state index in [1.165, 1.54) is 12.3 Å². The maximum Gasteiger partial charge on any atom is 0.275 e. The lowest BCUT2D eigenvalue weighted by Gasteiger charge is -2.28. The van der Waals surface area contributed by atoms with Gasteiger partial charge in [-0.05, 0) is 74.9 Å². The average molecular weight is 544 g/mol. The molecule has 0 bridgehead atoms. The number of carbonyl (C=O) groups excluding carboxylic acids is 3. The Labute approximate surface area is 232 Å². The van der Waals surface area contributed by atoms with E-state index in [-0.39, 0.29) is 35.7 Å². The Balaban J connectivity index is 1.18. The number of hydrogen-bond acceptors (Lipinski definition) is 7. The van der Waals surface area contributed by atoms with Gasteiger partial charge in [0.2, 0.25) is 11.8 Å². The molecule has 11 nitrogen and oxygen atoms in total. The van der Waals surface area contributed by atoms with Crippen LogP contribution in [0.1, 0.15) is 61.7 Å². The molecule has 3 atom stereocenters. The summed E-state index contributed by atoms with van der Waals surface area (Å²) in [5.74, 6) is -0.616. The van der Waals surface area contributed by atoms with Crippen molar-refractivity contribution in [2.45, 2.75) is 57.2 Å². The van der Waals surface area contributed by atoms with E-state index in [2.05, 4.69) is 37.6 Å². The molecule has 1 aliphatic heterocycles. The molecule has 0 aromatic carbocycles.